The van der Waals surface area contributed by atoms with E-state index >= 15 is 0 Å². The van der Waals surface area contributed by atoms with E-state index in [-0.39, 0.29) is 7.12 Å². The van der Waals surface area contributed by atoms with Crippen LogP contribution in [0.4, 0.5) is 0 Å². The summed E-state index contributed by atoms with van der Waals surface area (Å²) in [5, 5.41) is 0. The van der Waals surface area contributed by atoms with E-state index in [4.69, 9.17) is 0 Å². The maximum absolute atomic E-state index is 11.7. The second kappa shape index (κ2) is 2.47. The van der Waals surface area contributed by atoms with Gasteiger partial charge in [-0.25, -0.2) is 4.79 Å². The minimum atomic E-state index is -0.00130. The molecule has 74 valence electrons. The minimum absolute atomic E-state index is 0. The Hall–Kier alpha value is -1.58. The first-order valence-corrected chi connectivity index (χ1v) is 4.82. The SMILES string of the molecule is Cc1cncc2[nH]c(=O)n(C3CC3)c12.[HH]. The molecule has 1 saturated carbocycles. The molecule has 2 aromatic heterocycles. The first-order chi connectivity index (χ1) is 6.77. The van der Waals surface area contributed by atoms with Gasteiger partial charge in [0, 0.05) is 13.7 Å². The zero-order valence-electron chi connectivity index (χ0n) is 7.95. The summed E-state index contributed by atoms with van der Waals surface area (Å²) in [4.78, 5) is 18.5. The van der Waals surface area contributed by atoms with Crippen molar-refractivity contribution in [1.82, 2.24) is 14.5 Å². The topological polar surface area (TPSA) is 50.7 Å². The van der Waals surface area contributed by atoms with Crippen molar-refractivity contribution >= 4 is 11.0 Å². The first kappa shape index (κ1) is 7.79. The van der Waals surface area contributed by atoms with Crippen LogP contribution in [0.1, 0.15) is 25.9 Å². The van der Waals surface area contributed by atoms with Crippen molar-refractivity contribution < 1.29 is 1.43 Å². The smallest absolute Gasteiger partial charge is 0.304 e. The van der Waals surface area contributed by atoms with Gasteiger partial charge >= 0.3 is 5.69 Å². The fourth-order valence-electron chi connectivity index (χ4n) is 1.93. The molecule has 0 spiro atoms. The molecular weight excluding hydrogens is 178 g/mol. The van der Waals surface area contributed by atoms with Crippen LogP contribution in [0, 0.1) is 6.92 Å². The number of aryl methyl sites for hydroxylation is 1. The molecule has 0 unspecified atom stereocenters. The summed E-state index contributed by atoms with van der Waals surface area (Å²) in [6.07, 6.45) is 5.75. The van der Waals surface area contributed by atoms with Crippen LogP contribution in [0.25, 0.3) is 11.0 Å². The summed E-state index contributed by atoms with van der Waals surface area (Å²) in [6, 6.07) is 0.414. The van der Waals surface area contributed by atoms with Crippen LogP contribution in [-0.2, 0) is 0 Å². The summed E-state index contributed by atoms with van der Waals surface area (Å²) in [5.74, 6) is 0. The third kappa shape index (κ3) is 0.937. The van der Waals surface area contributed by atoms with Crippen LogP contribution in [-0.4, -0.2) is 14.5 Å². The number of H-pyrrole nitrogens is 1. The second-order valence-corrected chi connectivity index (χ2v) is 3.88. The van der Waals surface area contributed by atoms with Gasteiger partial charge in [-0.1, -0.05) is 0 Å². The van der Waals surface area contributed by atoms with Crippen LogP contribution < -0.4 is 5.69 Å². The Morgan fingerprint density at radius 3 is 3.07 bits per heavy atom. The van der Waals surface area contributed by atoms with Gasteiger partial charge in [-0.2, -0.15) is 0 Å². The standard InChI is InChI=1S/C10H11N3O.H2/c1-6-4-11-5-8-9(6)13(7-2-3-7)10(14)12-8;/h4-5,7H,2-3H2,1H3,(H,12,14);1H. The van der Waals surface area contributed by atoms with Crippen molar-refractivity contribution in [2.24, 2.45) is 0 Å². The van der Waals surface area contributed by atoms with E-state index in [2.05, 4.69) is 9.97 Å². The predicted octanol–water partition coefficient (Wildman–Crippen LogP) is 1.61. The summed E-state index contributed by atoms with van der Waals surface area (Å²) >= 11 is 0. The molecule has 0 aliphatic heterocycles. The molecule has 1 aliphatic rings. The molecule has 4 nitrogen and oxygen atoms in total. The van der Waals surface area contributed by atoms with Crippen LogP contribution in [0.3, 0.4) is 0 Å². The molecular formula is C10H13N3O. The number of hydrogen-bond acceptors (Lipinski definition) is 2. The molecule has 0 atom stereocenters. The van der Waals surface area contributed by atoms with Gasteiger partial charge in [0.1, 0.15) is 0 Å². The Kier molecular flexibility index (Phi) is 1.37. The number of fused-ring (bicyclic) bond motifs is 1. The second-order valence-electron chi connectivity index (χ2n) is 3.88. The van der Waals surface area contributed by atoms with Gasteiger partial charge < -0.3 is 4.98 Å². The average molecular weight is 191 g/mol. The van der Waals surface area contributed by atoms with E-state index in [0.29, 0.717) is 6.04 Å². The minimum Gasteiger partial charge on any atom is -0.304 e. The highest BCUT2D eigenvalue weighted by Gasteiger charge is 2.27. The molecule has 0 aromatic carbocycles. The Morgan fingerprint density at radius 2 is 2.36 bits per heavy atom. The van der Waals surface area contributed by atoms with Crippen molar-refractivity contribution in [3.05, 3.63) is 28.4 Å². The Morgan fingerprint density at radius 1 is 1.57 bits per heavy atom. The van der Waals surface area contributed by atoms with E-state index in [1.54, 1.807) is 12.4 Å². The molecule has 1 aliphatic carbocycles. The lowest BCUT2D eigenvalue weighted by Crippen LogP contribution is -2.15. The fraction of sp³-hybridized carbons (Fsp3) is 0.400. The lowest BCUT2D eigenvalue weighted by Gasteiger charge is -2.01. The highest BCUT2D eigenvalue weighted by atomic mass is 16.1. The van der Waals surface area contributed by atoms with E-state index in [9.17, 15) is 4.79 Å². The van der Waals surface area contributed by atoms with E-state index in [1.165, 1.54) is 0 Å². The quantitative estimate of drug-likeness (QED) is 0.744. The third-order valence-electron chi connectivity index (χ3n) is 2.71. The molecule has 1 fully saturated rings. The lowest BCUT2D eigenvalue weighted by atomic mass is 10.2. The van der Waals surface area contributed by atoms with Crippen LogP contribution in [0.5, 0.6) is 0 Å². The monoisotopic (exact) mass is 191 g/mol. The highest BCUT2D eigenvalue weighted by molar-refractivity contribution is 5.77. The number of aromatic nitrogens is 3. The number of rotatable bonds is 1. The van der Waals surface area contributed by atoms with Gasteiger partial charge in [0.15, 0.2) is 0 Å². The largest absolute Gasteiger partial charge is 0.326 e. The normalized spacial score (nSPS) is 16.4. The Balaban J connectivity index is 0.000000853. The molecule has 0 amide bonds. The molecule has 2 heterocycles. The van der Waals surface area contributed by atoms with Crippen LogP contribution >= 0.6 is 0 Å². The number of hydrogen-bond donors (Lipinski definition) is 1. The number of nitrogens with one attached hydrogen (secondary N) is 1. The summed E-state index contributed by atoms with van der Waals surface area (Å²) in [6.45, 7) is 1.99. The summed E-state index contributed by atoms with van der Waals surface area (Å²) in [7, 11) is 0. The molecule has 4 heteroatoms. The maximum Gasteiger partial charge on any atom is 0.326 e. The number of imidazole rings is 1. The Bertz CT molecular complexity index is 553. The Labute approximate surface area is 82.1 Å². The predicted molar refractivity (Wildman–Crippen MR) is 55.5 cm³/mol. The van der Waals surface area contributed by atoms with Gasteiger partial charge in [-0.3, -0.25) is 9.55 Å². The average Bonchev–Trinajstić information content (AvgIpc) is 2.90. The zero-order chi connectivity index (χ0) is 9.71. The van der Waals surface area contributed by atoms with Crippen molar-refractivity contribution in [3.63, 3.8) is 0 Å². The van der Waals surface area contributed by atoms with E-state index in [1.807, 2.05) is 11.5 Å². The van der Waals surface area contributed by atoms with Crippen molar-refractivity contribution in [2.75, 3.05) is 0 Å². The molecule has 0 radical (unpaired) electrons. The van der Waals surface area contributed by atoms with Gasteiger partial charge in [0.25, 0.3) is 0 Å². The lowest BCUT2D eigenvalue weighted by molar-refractivity contribution is 0.731. The van der Waals surface area contributed by atoms with E-state index in [0.717, 1.165) is 29.4 Å². The molecule has 14 heavy (non-hydrogen) atoms. The van der Waals surface area contributed by atoms with Gasteiger partial charge in [0.05, 0.1) is 17.2 Å². The third-order valence-corrected chi connectivity index (χ3v) is 2.71. The fourth-order valence-corrected chi connectivity index (χ4v) is 1.93. The number of aromatic amines is 1. The number of nitrogens with zero attached hydrogens (tertiary/aromatic N) is 2. The van der Waals surface area contributed by atoms with Gasteiger partial charge in [-0.15, -0.1) is 0 Å². The first-order valence-electron chi connectivity index (χ1n) is 4.82. The molecule has 0 saturated heterocycles. The highest BCUT2D eigenvalue weighted by Crippen LogP contribution is 2.36. The van der Waals surface area contributed by atoms with Crippen molar-refractivity contribution in [2.45, 2.75) is 25.8 Å². The van der Waals surface area contributed by atoms with Crippen LogP contribution in [0.2, 0.25) is 0 Å². The number of pyridine rings is 1. The maximum atomic E-state index is 11.7. The molecule has 1 N–H and O–H groups in total. The van der Waals surface area contributed by atoms with Gasteiger partial charge in [0.2, 0.25) is 0 Å². The van der Waals surface area contributed by atoms with Crippen LogP contribution in [0.15, 0.2) is 17.2 Å². The zero-order valence-corrected chi connectivity index (χ0v) is 7.95. The van der Waals surface area contributed by atoms with Crippen molar-refractivity contribution in [3.8, 4) is 0 Å². The summed E-state index contributed by atoms with van der Waals surface area (Å²) in [5.41, 5.74) is 2.93. The molecule has 0 bridgehead atoms. The molecule has 2 aromatic rings. The van der Waals surface area contributed by atoms with Gasteiger partial charge in [-0.05, 0) is 25.3 Å². The molecule has 3 rings (SSSR count). The van der Waals surface area contributed by atoms with Crippen molar-refractivity contribution in [1.29, 1.82) is 0 Å². The summed E-state index contributed by atoms with van der Waals surface area (Å²) < 4.78 is 1.87. The van der Waals surface area contributed by atoms with E-state index < -0.39 is 0 Å².